The summed E-state index contributed by atoms with van der Waals surface area (Å²) in [5.41, 5.74) is 3.60. The molecule has 14 heteroatoms. The van der Waals surface area contributed by atoms with Gasteiger partial charge in [0.15, 0.2) is 0 Å². The lowest BCUT2D eigenvalue weighted by molar-refractivity contribution is -0.137. The van der Waals surface area contributed by atoms with E-state index in [4.69, 9.17) is 34.8 Å². The summed E-state index contributed by atoms with van der Waals surface area (Å²) in [5, 5.41) is 4.12. The van der Waals surface area contributed by atoms with Crippen LogP contribution in [0.1, 0.15) is 22.5 Å². The number of nitrogens with zero attached hydrogens (tertiary/aromatic N) is 3. The number of sulfonamides is 1. The van der Waals surface area contributed by atoms with Crippen molar-refractivity contribution >= 4 is 62.6 Å². The van der Waals surface area contributed by atoms with E-state index in [-0.39, 0.29) is 4.90 Å². The Hall–Kier alpha value is -3.51. The van der Waals surface area contributed by atoms with Crippen molar-refractivity contribution < 1.29 is 26.4 Å². The van der Waals surface area contributed by atoms with Crippen molar-refractivity contribution in [2.45, 2.75) is 24.9 Å². The van der Waals surface area contributed by atoms with Crippen molar-refractivity contribution in [2.24, 2.45) is 5.10 Å². The lowest BCUT2D eigenvalue weighted by atomic mass is 10.2. The number of alkyl halides is 3. The Bertz CT molecular complexity index is 1780. The molecule has 4 rings (SSSR count). The summed E-state index contributed by atoms with van der Waals surface area (Å²) in [4.78, 5) is 12.7. The van der Waals surface area contributed by atoms with Crippen LogP contribution in [-0.2, 0) is 21.0 Å². The van der Waals surface area contributed by atoms with Crippen LogP contribution < -0.4 is 9.73 Å². The molecule has 0 fully saturated rings. The van der Waals surface area contributed by atoms with Crippen molar-refractivity contribution in [3.8, 4) is 5.69 Å². The number of nitrogens with one attached hydrogen (secondary N) is 1. The highest BCUT2D eigenvalue weighted by atomic mass is 35.5. The summed E-state index contributed by atoms with van der Waals surface area (Å²) in [6.45, 7) is 2.82. The Balaban J connectivity index is 1.61. The summed E-state index contributed by atoms with van der Waals surface area (Å²) < 4.78 is 70.0. The number of rotatable bonds is 8. The first kappa shape index (κ1) is 31.4. The third-order valence-electron chi connectivity index (χ3n) is 6.19. The number of hydrogen-bond donors (Lipinski definition) is 1. The van der Waals surface area contributed by atoms with Crippen LogP contribution in [0.2, 0.25) is 15.1 Å². The van der Waals surface area contributed by atoms with Crippen molar-refractivity contribution in [3.05, 3.63) is 110 Å². The monoisotopic (exact) mass is 656 g/mol. The van der Waals surface area contributed by atoms with Gasteiger partial charge in [0.25, 0.3) is 15.9 Å². The zero-order chi connectivity index (χ0) is 30.8. The maximum Gasteiger partial charge on any atom is 0.417 e. The highest BCUT2D eigenvalue weighted by molar-refractivity contribution is 7.92. The molecule has 0 saturated heterocycles. The zero-order valence-electron chi connectivity index (χ0n) is 22.0. The predicted molar refractivity (Wildman–Crippen MR) is 158 cm³/mol. The number of benzene rings is 3. The van der Waals surface area contributed by atoms with E-state index in [1.807, 2.05) is 24.5 Å². The molecule has 7 nitrogen and oxygen atoms in total. The highest BCUT2D eigenvalue weighted by Crippen LogP contribution is 2.38. The first-order valence-electron chi connectivity index (χ1n) is 12.1. The molecule has 3 aromatic carbocycles. The number of hydrazone groups is 1. The van der Waals surface area contributed by atoms with Gasteiger partial charge in [0.2, 0.25) is 0 Å². The van der Waals surface area contributed by atoms with Gasteiger partial charge in [0.05, 0.1) is 37.4 Å². The van der Waals surface area contributed by atoms with Gasteiger partial charge in [-0.2, -0.15) is 18.3 Å². The van der Waals surface area contributed by atoms with Crippen LogP contribution in [0.4, 0.5) is 18.9 Å². The van der Waals surface area contributed by atoms with Gasteiger partial charge in [-0.1, -0.05) is 53.0 Å². The van der Waals surface area contributed by atoms with Crippen molar-refractivity contribution in [3.63, 3.8) is 0 Å². The van der Waals surface area contributed by atoms with Crippen LogP contribution in [0.5, 0.6) is 0 Å². The molecule has 0 aliphatic carbocycles. The van der Waals surface area contributed by atoms with Gasteiger partial charge in [0.1, 0.15) is 6.54 Å². The van der Waals surface area contributed by atoms with E-state index in [9.17, 15) is 26.4 Å². The van der Waals surface area contributed by atoms with E-state index >= 15 is 0 Å². The Morgan fingerprint density at radius 1 is 0.952 bits per heavy atom. The number of carbonyl (C=O) groups is 1. The Morgan fingerprint density at radius 3 is 2.26 bits per heavy atom. The van der Waals surface area contributed by atoms with Crippen LogP contribution in [0.3, 0.4) is 0 Å². The van der Waals surface area contributed by atoms with Gasteiger partial charge in [-0.3, -0.25) is 9.10 Å². The second kappa shape index (κ2) is 12.4. The second-order valence-electron chi connectivity index (χ2n) is 9.04. The molecule has 0 spiro atoms. The second-order valence-corrected chi connectivity index (χ2v) is 12.1. The van der Waals surface area contributed by atoms with Gasteiger partial charge in [-0.15, -0.1) is 0 Å². The highest BCUT2D eigenvalue weighted by Gasteiger charge is 2.35. The number of hydrogen-bond acceptors (Lipinski definition) is 4. The number of aryl methyl sites for hydroxylation is 1. The molecular formula is C28H22Cl3F3N4O3S. The third-order valence-corrected chi connectivity index (χ3v) is 9.04. The SMILES string of the molecule is Cc1cc(/C=N/NC(=O)CN(c2ccc(Cl)c(C(F)(F)F)c2)S(=O)(=O)c2ccccc2)c(C)n1-c1ccc(Cl)c(Cl)c1. The summed E-state index contributed by atoms with van der Waals surface area (Å²) >= 11 is 17.9. The van der Waals surface area contributed by atoms with Gasteiger partial charge < -0.3 is 4.57 Å². The fourth-order valence-electron chi connectivity index (χ4n) is 4.20. The number of carbonyl (C=O) groups excluding carboxylic acids is 1. The minimum Gasteiger partial charge on any atom is -0.318 e. The molecule has 0 bridgehead atoms. The summed E-state index contributed by atoms with van der Waals surface area (Å²) in [7, 11) is -4.46. The molecule has 4 aromatic rings. The average molecular weight is 658 g/mol. The zero-order valence-corrected chi connectivity index (χ0v) is 25.0. The van der Waals surface area contributed by atoms with E-state index in [2.05, 4.69) is 10.5 Å². The fourth-order valence-corrected chi connectivity index (χ4v) is 6.15. The minimum atomic E-state index is -4.86. The maximum atomic E-state index is 13.5. The van der Waals surface area contributed by atoms with E-state index < -0.39 is 44.9 Å². The molecule has 0 saturated carbocycles. The van der Waals surface area contributed by atoms with Gasteiger partial charge in [0, 0.05) is 22.6 Å². The summed E-state index contributed by atoms with van der Waals surface area (Å²) in [6.07, 6.45) is -3.49. The number of anilines is 1. The molecule has 0 aliphatic heterocycles. The van der Waals surface area contributed by atoms with E-state index in [1.54, 1.807) is 24.3 Å². The van der Waals surface area contributed by atoms with Gasteiger partial charge >= 0.3 is 6.18 Å². The van der Waals surface area contributed by atoms with Crippen molar-refractivity contribution in [1.82, 2.24) is 9.99 Å². The topological polar surface area (TPSA) is 83.8 Å². The largest absolute Gasteiger partial charge is 0.417 e. The van der Waals surface area contributed by atoms with E-state index in [0.717, 1.165) is 29.2 Å². The lowest BCUT2D eigenvalue weighted by Crippen LogP contribution is -2.39. The molecule has 42 heavy (non-hydrogen) atoms. The maximum absolute atomic E-state index is 13.5. The van der Waals surface area contributed by atoms with Crippen molar-refractivity contribution in [1.29, 1.82) is 0 Å². The average Bonchev–Trinajstić information content (AvgIpc) is 3.21. The lowest BCUT2D eigenvalue weighted by Gasteiger charge is -2.24. The van der Waals surface area contributed by atoms with Gasteiger partial charge in [-0.25, -0.2) is 13.8 Å². The predicted octanol–water partition coefficient (Wildman–Crippen LogP) is 7.42. The first-order valence-corrected chi connectivity index (χ1v) is 14.7. The molecular weight excluding hydrogens is 636 g/mol. The van der Waals surface area contributed by atoms with Crippen LogP contribution >= 0.6 is 34.8 Å². The molecule has 1 amide bonds. The Labute approximate surface area is 255 Å². The van der Waals surface area contributed by atoms with Crippen molar-refractivity contribution in [2.75, 3.05) is 10.8 Å². The normalized spacial score (nSPS) is 12.1. The van der Waals surface area contributed by atoms with Crippen LogP contribution in [0.15, 0.2) is 82.8 Å². The number of halogens is 6. The number of amides is 1. The smallest absolute Gasteiger partial charge is 0.318 e. The molecule has 0 atom stereocenters. The first-order chi connectivity index (χ1) is 19.7. The molecule has 0 radical (unpaired) electrons. The van der Waals surface area contributed by atoms with Crippen LogP contribution in [0, 0.1) is 13.8 Å². The molecule has 1 heterocycles. The summed E-state index contributed by atoms with van der Waals surface area (Å²) in [6, 6.07) is 16.6. The molecule has 220 valence electrons. The van der Waals surface area contributed by atoms with Gasteiger partial charge in [-0.05, 0) is 68.4 Å². The van der Waals surface area contributed by atoms with Crippen LogP contribution in [0.25, 0.3) is 5.69 Å². The molecule has 1 aromatic heterocycles. The minimum absolute atomic E-state index is 0.223. The third kappa shape index (κ3) is 6.75. The van der Waals surface area contributed by atoms with E-state index in [0.29, 0.717) is 26.0 Å². The van der Waals surface area contributed by atoms with Crippen LogP contribution in [-0.4, -0.2) is 31.7 Å². The molecule has 0 unspecified atom stereocenters. The quantitative estimate of drug-likeness (QED) is 0.158. The Morgan fingerprint density at radius 2 is 1.62 bits per heavy atom. The number of aromatic nitrogens is 1. The summed E-state index contributed by atoms with van der Waals surface area (Å²) in [5.74, 6) is -0.896. The fraction of sp³-hybridized carbons (Fsp3) is 0.143. The Kier molecular flexibility index (Phi) is 9.27. The molecule has 0 aliphatic rings. The molecule has 1 N–H and O–H groups in total. The van der Waals surface area contributed by atoms with E-state index in [1.165, 1.54) is 30.5 Å². The standard InChI is InChI=1S/C28H22Cl3F3N4O3S/c1-17-12-19(18(2)38(17)21-9-11-25(30)26(31)14-21)15-35-36-27(39)16-37(42(40,41)22-6-4-3-5-7-22)20-8-10-24(29)23(13-20)28(32,33)34/h3-15H,16H2,1-2H3,(H,36,39)/b35-15+.